The average Bonchev–Trinajstić information content (AvgIpc) is 3.25. The van der Waals surface area contributed by atoms with Gasteiger partial charge in [0.1, 0.15) is 11.6 Å². The first kappa shape index (κ1) is 15.3. The topological polar surface area (TPSA) is 56.5 Å². The first-order valence-corrected chi connectivity index (χ1v) is 9.08. The molecule has 0 saturated carbocycles. The minimum Gasteiger partial charge on any atom is -0.455 e. The van der Waals surface area contributed by atoms with Gasteiger partial charge in [0.25, 0.3) is 0 Å². The average molecular weight is 376 g/mol. The largest absolute Gasteiger partial charge is 0.455 e. The van der Waals surface area contributed by atoms with Crippen LogP contribution >= 0.6 is 34.3 Å². The first-order valence-electron chi connectivity index (χ1n) is 7.01. The lowest BCUT2D eigenvalue weighted by molar-refractivity contribution is -0.138. The summed E-state index contributed by atoms with van der Waals surface area (Å²) in [5, 5.41) is 3.03. The molecule has 24 heavy (non-hydrogen) atoms. The van der Waals surface area contributed by atoms with Crippen molar-refractivity contribution in [2.24, 2.45) is 0 Å². The number of carbonyl (C=O) groups is 1. The number of hydrogen-bond acceptors (Lipinski definition) is 6. The zero-order valence-corrected chi connectivity index (χ0v) is 14.6. The smallest absolute Gasteiger partial charge is 0.331 e. The van der Waals surface area contributed by atoms with Crippen LogP contribution in [0, 0.1) is 0 Å². The van der Waals surface area contributed by atoms with E-state index < -0.39 is 5.97 Å². The molecule has 0 aliphatic heterocycles. The predicted octanol–water partition coefficient (Wildman–Crippen LogP) is 4.42. The van der Waals surface area contributed by atoms with E-state index in [1.165, 1.54) is 28.7 Å². The molecule has 0 N–H and O–H groups in total. The Morgan fingerprint density at radius 3 is 3.08 bits per heavy atom. The number of aromatic nitrogens is 3. The Morgan fingerprint density at radius 2 is 2.21 bits per heavy atom. The summed E-state index contributed by atoms with van der Waals surface area (Å²) < 4.78 is 8.14. The minimum atomic E-state index is -0.449. The Balaban J connectivity index is 1.44. The third-order valence-corrected chi connectivity index (χ3v) is 5.35. The zero-order chi connectivity index (χ0) is 16.5. The van der Waals surface area contributed by atoms with Gasteiger partial charge < -0.3 is 4.74 Å². The van der Waals surface area contributed by atoms with E-state index in [0.29, 0.717) is 10.8 Å². The van der Waals surface area contributed by atoms with Crippen LogP contribution in [0.25, 0.3) is 21.3 Å². The summed E-state index contributed by atoms with van der Waals surface area (Å²) in [6, 6.07) is 7.82. The van der Waals surface area contributed by atoms with Gasteiger partial charge in [-0.15, -0.1) is 22.7 Å². The Kier molecular flexibility index (Phi) is 4.05. The SMILES string of the molecule is O=C(C=Cc1c(Cl)nc2sccn12)OCc1nc2ccccc2s1. The molecule has 5 nitrogen and oxygen atoms in total. The third-order valence-electron chi connectivity index (χ3n) is 3.31. The molecule has 0 aliphatic rings. The van der Waals surface area contributed by atoms with Gasteiger partial charge in [-0.1, -0.05) is 23.7 Å². The van der Waals surface area contributed by atoms with Gasteiger partial charge in [-0.3, -0.25) is 4.40 Å². The monoisotopic (exact) mass is 375 g/mol. The van der Waals surface area contributed by atoms with Gasteiger partial charge >= 0.3 is 5.97 Å². The maximum atomic E-state index is 11.9. The summed E-state index contributed by atoms with van der Waals surface area (Å²) in [4.78, 5) is 21.3. The molecule has 0 bridgehead atoms. The Hall–Kier alpha value is -2.22. The Morgan fingerprint density at radius 1 is 1.33 bits per heavy atom. The predicted molar refractivity (Wildman–Crippen MR) is 96.5 cm³/mol. The van der Waals surface area contributed by atoms with Gasteiger partial charge in [0.05, 0.1) is 15.9 Å². The van der Waals surface area contributed by atoms with Gasteiger partial charge in [-0.2, -0.15) is 0 Å². The molecular weight excluding hydrogens is 366 g/mol. The molecule has 0 atom stereocenters. The van der Waals surface area contributed by atoms with E-state index in [4.69, 9.17) is 16.3 Å². The molecule has 1 aromatic carbocycles. The number of ether oxygens (including phenoxy) is 1. The first-order chi connectivity index (χ1) is 11.7. The molecule has 0 saturated heterocycles. The number of carbonyl (C=O) groups excluding carboxylic acids is 1. The van der Waals surface area contributed by atoms with Crippen molar-refractivity contribution in [3.8, 4) is 0 Å². The highest BCUT2D eigenvalue weighted by molar-refractivity contribution is 7.18. The van der Waals surface area contributed by atoms with Gasteiger partial charge in [-0.25, -0.2) is 14.8 Å². The van der Waals surface area contributed by atoms with Crippen LogP contribution in [0.4, 0.5) is 0 Å². The Labute approximate surface area is 149 Å². The van der Waals surface area contributed by atoms with Crippen LogP contribution in [0.15, 0.2) is 41.9 Å². The van der Waals surface area contributed by atoms with E-state index in [-0.39, 0.29) is 6.61 Å². The van der Waals surface area contributed by atoms with Crippen molar-refractivity contribution in [3.05, 3.63) is 57.8 Å². The van der Waals surface area contributed by atoms with E-state index in [2.05, 4.69) is 9.97 Å². The van der Waals surface area contributed by atoms with E-state index in [1.54, 1.807) is 6.08 Å². The maximum Gasteiger partial charge on any atom is 0.331 e. The molecule has 0 spiro atoms. The molecule has 4 aromatic rings. The molecule has 120 valence electrons. The van der Waals surface area contributed by atoms with Crippen molar-refractivity contribution in [2.45, 2.75) is 6.61 Å². The van der Waals surface area contributed by atoms with E-state index in [0.717, 1.165) is 20.2 Å². The van der Waals surface area contributed by atoms with Crippen LogP contribution in [-0.4, -0.2) is 20.3 Å². The molecule has 8 heteroatoms. The van der Waals surface area contributed by atoms with Crippen LogP contribution in [0.3, 0.4) is 0 Å². The lowest BCUT2D eigenvalue weighted by atomic mass is 10.3. The van der Waals surface area contributed by atoms with Gasteiger partial charge in [0.15, 0.2) is 10.1 Å². The minimum absolute atomic E-state index is 0.149. The lowest BCUT2D eigenvalue weighted by Gasteiger charge is -1.98. The van der Waals surface area contributed by atoms with Gasteiger partial charge in [0.2, 0.25) is 0 Å². The molecule has 3 aromatic heterocycles. The number of halogens is 1. The number of para-hydroxylation sites is 1. The van der Waals surface area contributed by atoms with Crippen LogP contribution in [-0.2, 0) is 16.1 Å². The molecule has 0 fully saturated rings. The van der Waals surface area contributed by atoms with Crippen molar-refractivity contribution in [1.82, 2.24) is 14.4 Å². The van der Waals surface area contributed by atoms with Gasteiger partial charge in [-0.05, 0) is 18.2 Å². The quantitative estimate of drug-likeness (QED) is 0.391. The number of thiazole rings is 2. The van der Waals surface area contributed by atoms with Crippen molar-refractivity contribution in [2.75, 3.05) is 0 Å². The summed E-state index contributed by atoms with van der Waals surface area (Å²) in [5.41, 5.74) is 1.57. The molecule has 3 heterocycles. The number of fused-ring (bicyclic) bond motifs is 2. The van der Waals surface area contributed by atoms with Gasteiger partial charge in [0, 0.05) is 17.7 Å². The van der Waals surface area contributed by atoms with Crippen LogP contribution in [0.5, 0.6) is 0 Å². The number of rotatable bonds is 4. The molecule has 0 amide bonds. The number of nitrogens with zero attached hydrogens (tertiary/aromatic N) is 3. The molecule has 0 aliphatic carbocycles. The lowest BCUT2D eigenvalue weighted by Crippen LogP contribution is -2.00. The standard InChI is InChI=1S/C16H10ClN3O2S2/c17-15-11(20-7-8-23-16(20)19-15)5-6-14(21)22-9-13-18-10-3-1-2-4-12(10)24-13/h1-8H,9H2. The summed E-state index contributed by atoms with van der Waals surface area (Å²) in [6.07, 6.45) is 4.81. The highest BCUT2D eigenvalue weighted by Crippen LogP contribution is 2.23. The maximum absolute atomic E-state index is 11.9. The second-order valence-corrected chi connectivity index (χ2v) is 7.21. The van der Waals surface area contributed by atoms with Crippen molar-refractivity contribution >= 4 is 61.5 Å². The van der Waals surface area contributed by atoms with Crippen LogP contribution in [0.1, 0.15) is 10.7 Å². The summed E-state index contributed by atoms with van der Waals surface area (Å²) >= 11 is 9.06. The third kappa shape index (κ3) is 2.93. The highest BCUT2D eigenvalue weighted by atomic mass is 35.5. The number of imidazole rings is 1. The molecule has 0 radical (unpaired) electrons. The van der Waals surface area contributed by atoms with E-state index >= 15 is 0 Å². The number of esters is 1. The van der Waals surface area contributed by atoms with Crippen molar-refractivity contribution in [3.63, 3.8) is 0 Å². The van der Waals surface area contributed by atoms with E-state index in [9.17, 15) is 4.79 Å². The summed E-state index contributed by atoms with van der Waals surface area (Å²) in [7, 11) is 0. The second-order valence-electron chi connectivity index (χ2n) is 4.86. The number of benzene rings is 1. The van der Waals surface area contributed by atoms with Crippen LogP contribution < -0.4 is 0 Å². The fourth-order valence-corrected chi connectivity index (χ4v) is 4.12. The zero-order valence-electron chi connectivity index (χ0n) is 12.2. The molecular formula is C16H10ClN3O2S2. The van der Waals surface area contributed by atoms with Crippen LogP contribution in [0.2, 0.25) is 5.15 Å². The Bertz CT molecular complexity index is 1030. The second kappa shape index (κ2) is 6.35. The molecule has 4 rings (SSSR count). The molecule has 0 unspecified atom stereocenters. The van der Waals surface area contributed by atoms with Crippen molar-refractivity contribution < 1.29 is 9.53 Å². The fraction of sp³-hybridized carbons (Fsp3) is 0.0625. The number of hydrogen-bond donors (Lipinski definition) is 0. The van der Waals surface area contributed by atoms with Crippen molar-refractivity contribution in [1.29, 1.82) is 0 Å². The summed E-state index contributed by atoms with van der Waals surface area (Å²) in [6.45, 7) is 0.149. The fourth-order valence-electron chi connectivity index (χ4n) is 2.24. The normalized spacial score (nSPS) is 11.7. The van der Waals surface area contributed by atoms with E-state index in [1.807, 2.05) is 40.2 Å². The summed E-state index contributed by atoms with van der Waals surface area (Å²) in [5.74, 6) is -0.449. The highest BCUT2D eigenvalue weighted by Gasteiger charge is 2.10.